The number of non-ortho nitro benzene ring substituents is 1. The van der Waals surface area contributed by atoms with Crippen LogP contribution in [0.4, 0.5) is 11.4 Å². The predicted molar refractivity (Wildman–Crippen MR) is 124 cm³/mol. The van der Waals surface area contributed by atoms with Crippen LogP contribution in [0.25, 0.3) is 0 Å². The minimum absolute atomic E-state index is 0.0588. The molecule has 8 heteroatoms. The maximum atomic E-state index is 13.3. The van der Waals surface area contributed by atoms with Gasteiger partial charge in [0.2, 0.25) is 5.91 Å². The number of carbonyl (C=O) groups is 2. The first-order chi connectivity index (χ1) is 15.3. The summed E-state index contributed by atoms with van der Waals surface area (Å²) in [5.41, 5.74) is 2.41. The molecule has 1 unspecified atom stereocenters. The summed E-state index contributed by atoms with van der Waals surface area (Å²) < 4.78 is 0. The Balaban J connectivity index is 1.64. The minimum atomic E-state index is -0.576. The maximum Gasteiger partial charge on any atom is 0.269 e. The van der Waals surface area contributed by atoms with Crippen LogP contribution in [0.1, 0.15) is 36.2 Å². The third kappa shape index (κ3) is 5.63. The molecule has 0 aromatic heterocycles. The number of rotatable bonds is 7. The average molecular weight is 439 g/mol. The summed E-state index contributed by atoms with van der Waals surface area (Å²) in [6, 6.07) is 13.2. The van der Waals surface area contributed by atoms with E-state index >= 15 is 0 Å². The molecule has 32 heavy (non-hydrogen) atoms. The summed E-state index contributed by atoms with van der Waals surface area (Å²) in [5, 5.41) is 13.8. The zero-order valence-corrected chi connectivity index (χ0v) is 18.8. The summed E-state index contributed by atoms with van der Waals surface area (Å²) in [5.74, 6) is -0.0434. The van der Waals surface area contributed by atoms with Crippen molar-refractivity contribution in [2.24, 2.45) is 5.92 Å². The van der Waals surface area contributed by atoms with Crippen molar-refractivity contribution in [2.45, 2.75) is 33.2 Å². The number of nitro groups is 1. The van der Waals surface area contributed by atoms with E-state index in [1.165, 1.54) is 12.1 Å². The number of aryl methyl sites for hydroxylation is 1. The quantitative estimate of drug-likeness (QED) is 0.528. The van der Waals surface area contributed by atoms with E-state index in [1.807, 2.05) is 39.0 Å². The van der Waals surface area contributed by atoms with Crippen LogP contribution in [0, 0.1) is 23.0 Å². The van der Waals surface area contributed by atoms with Crippen molar-refractivity contribution >= 4 is 23.2 Å². The van der Waals surface area contributed by atoms with Crippen LogP contribution in [-0.2, 0) is 4.79 Å². The molecule has 0 aliphatic carbocycles. The Hall–Kier alpha value is -3.42. The van der Waals surface area contributed by atoms with Gasteiger partial charge in [0, 0.05) is 49.6 Å². The van der Waals surface area contributed by atoms with E-state index in [0.717, 1.165) is 11.3 Å². The van der Waals surface area contributed by atoms with Crippen LogP contribution in [0.3, 0.4) is 0 Å². The van der Waals surface area contributed by atoms with Crippen molar-refractivity contribution < 1.29 is 14.5 Å². The van der Waals surface area contributed by atoms with Gasteiger partial charge in [0.05, 0.1) is 4.92 Å². The smallest absolute Gasteiger partial charge is 0.269 e. The number of hydrogen-bond donors (Lipinski definition) is 1. The van der Waals surface area contributed by atoms with Crippen LogP contribution in [0.15, 0.2) is 48.5 Å². The van der Waals surface area contributed by atoms with E-state index in [0.29, 0.717) is 38.2 Å². The molecule has 2 amide bonds. The predicted octanol–water partition coefficient (Wildman–Crippen LogP) is 3.40. The summed E-state index contributed by atoms with van der Waals surface area (Å²) in [6.07, 6.45) is 0.568. The number of nitrogens with one attached hydrogen (secondary N) is 1. The zero-order valence-electron chi connectivity index (χ0n) is 18.8. The number of nitro benzene ring substituents is 1. The monoisotopic (exact) mass is 438 g/mol. The number of anilines is 1. The third-order valence-corrected chi connectivity index (χ3v) is 5.72. The molecule has 2 aromatic rings. The van der Waals surface area contributed by atoms with Gasteiger partial charge < -0.3 is 15.1 Å². The second kappa shape index (κ2) is 10.3. The summed E-state index contributed by atoms with van der Waals surface area (Å²) in [4.78, 5) is 40.4. The van der Waals surface area contributed by atoms with Crippen molar-refractivity contribution in [3.05, 3.63) is 69.8 Å². The van der Waals surface area contributed by atoms with E-state index in [4.69, 9.17) is 0 Å². The molecule has 3 rings (SSSR count). The Morgan fingerprint density at radius 1 is 1.03 bits per heavy atom. The normalized spacial score (nSPS) is 14.9. The van der Waals surface area contributed by atoms with Gasteiger partial charge in [0.15, 0.2) is 0 Å². The third-order valence-electron chi connectivity index (χ3n) is 5.72. The minimum Gasteiger partial charge on any atom is -0.368 e. The molecule has 1 aliphatic heterocycles. The zero-order chi connectivity index (χ0) is 23.3. The lowest BCUT2D eigenvalue weighted by Gasteiger charge is -2.38. The number of carbonyl (C=O) groups excluding carboxylic acids is 2. The van der Waals surface area contributed by atoms with Crippen LogP contribution in [0.5, 0.6) is 0 Å². The Bertz CT molecular complexity index is 966. The van der Waals surface area contributed by atoms with Crippen molar-refractivity contribution in [2.75, 3.05) is 31.1 Å². The van der Waals surface area contributed by atoms with E-state index < -0.39 is 11.0 Å². The lowest BCUT2D eigenvalue weighted by molar-refractivity contribution is -0.384. The van der Waals surface area contributed by atoms with Crippen LogP contribution in [0.2, 0.25) is 0 Å². The molecule has 1 saturated heterocycles. The highest BCUT2D eigenvalue weighted by Gasteiger charge is 2.30. The van der Waals surface area contributed by atoms with E-state index in [2.05, 4.69) is 10.2 Å². The molecule has 0 radical (unpaired) electrons. The molecule has 170 valence electrons. The van der Waals surface area contributed by atoms with Gasteiger partial charge in [-0.2, -0.15) is 0 Å². The fraction of sp³-hybridized carbons (Fsp3) is 0.417. The van der Waals surface area contributed by atoms with Crippen LogP contribution >= 0.6 is 0 Å². The number of benzene rings is 2. The fourth-order valence-electron chi connectivity index (χ4n) is 3.95. The molecule has 1 atom stereocenters. The van der Waals surface area contributed by atoms with E-state index in [1.54, 1.807) is 23.1 Å². The molecule has 1 heterocycles. The molecule has 2 aromatic carbocycles. The molecule has 0 saturated carbocycles. The Morgan fingerprint density at radius 2 is 1.66 bits per heavy atom. The van der Waals surface area contributed by atoms with Crippen molar-refractivity contribution in [3.8, 4) is 0 Å². The fourth-order valence-corrected chi connectivity index (χ4v) is 3.95. The summed E-state index contributed by atoms with van der Waals surface area (Å²) in [6.45, 7) is 8.27. The standard InChI is InChI=1S/C24H30N4O4/c1-17(2)16-22(25-23(29)21-7-5-4-6-18(21)3)24(30)27-14-12-26(13-15-27)19-8-10-20(11-9-19)28(31)32/h4-11,17,22H,12-16H2,1-3H3,(H,25,29). The number of nitrogens with zero attached hydrogens (tertiary/aromatic N) is 3. The second-order valence-electron chi connectivity index (χ2n) is 8.56. The lowest BCUT2D eigenvalue weighted by atomic mass is 10.0. The molecule has 1 N–H and O–H groups in total. The largest absolute Gasteiger partial charge is 0.368 e. The van der Waals surface area contributed by atoms with Crippen molar-refractivity contribution in [3.63, 3.8) is 0 Å². The average Bonchev–Trinajstić information content (AvgIpc) is 2.78. The van der Waals surface area contributed by atoms with Crippen LogP contribution in [-0.4, -0.2) is 53.9 Å². The highest BCUT2D eigenvalue weighted by Crippen LogP contribution is 2.21. The molecular weight excluding hydrogens is 408 g/mol. The summed E-state index contributed by atoms with van der Waals surface area (Å²) >= 11 is 0. The Labute approximate surface area is 188 Å². The molecule has 8 nitrogen and oxygen atoms in total. The van der Waals surface area contributed by atoms with Crippen molar-refractivity contribution in [1.82, 2.24) is 10.2 Å². The first-order valence-corrected chi connectivity index (χ1v) is 10.9. The molecule has 1 aliphatic rings. The van der Waals surface area contributed by atoms with E-state index in [-0.39, 0.29) is 23.4 Å². The van der Waals surface area contributed by atoms with Gasteiger partial charge in [-0.15, -0.1) is 0 Å². The number of amides is 2. The van der Waals surface area contributed by atoms with Gasteiger partial charge >= 0.3 is 0 Å². The van der Waals surface area contributed by atoms with Gasteiger partial charge in [-0.1, -0.05) is 32.0 Å². The van der Waals surface area contributed by atoms with Crippen LogP contribution < -0.4 is 10.2 Å². The second-order valence-corrected chi connectivity index (χ2v) is 8.56. The molecular formula is C24H30N4O4. The highest BCUT2D eigenvalue weighted by atomic mass is 16.6. The lowest BCUT2D eigenvalue weighted by Crippen LogP contribution is -2.55. The van der Waals surface area contributed by atoms with Gasteiger partial charge in [0.1, 0.15) is 6.04 Å². The molecule has 0 spiro atoms. The topological polar surface area (TPSA) is 95.8 Å². The maximum absolute atomic E-state index is 13.3. The molecule has 1 fully saturated rings. The number of hydrogen-bond acceptors (Lipinski definition) is 5. The Kier molecular flexibility index (Phi) is 7.45. The van der Waals surface area contributed by atoms with Gasteiger partial charge in [0.25, 0.3) is 11.6 Å². The summed E-state index contributed by atoms with van der Waals surface area (Å²) in [7, 11) is 0. The first-order valence-electron chi connectivity index (χ1n) is 10.9. The SMILES string of the molecule is Cc1ccccc1C(=O)NC(CC(C)C)C(=O)N1CCN(c2ccc([N+](=O)[O-])cc2)CC1. The van der Waals surface area contributed by atoms with Gasteiger partial charge in [-0.05, 0) is 43.0 Å². The highest BCUT2D eigenvalue weighted by molar-refractivity contribution is 5.98. The first kappa shape index (κ1) is 23.2. The number of piperazine rings is 1. The Morgan fingerprint density at radius 3 is 2.22 bits per heavy atom. The van der Waals surface area contributed by atoms with E-state index in [9.17, 15) is 19.7 Å². The molecule has 0 bridgehead atoms. The van der Waals surface area contributed by atoms with Gasteiger partial charge in [-0.25, -0.2) is 0 Å². The van der Waals surface area contributed by atoms with Crippen molar-refractivity contribution in [1.29, 1.82) is 0 Å². The van der Waals surface area contributed by atoms with Gasteiger partial charge in [-0.3, -0.25) is 19.7 Å².